The van der Waals surface area contributed by atoms with Crippen LogP contribution in [0.25, 0.3) is 0 Å². The topological polar surface area (TPSA) is 35.2 Å². The van der Waals surface area contributed by atoms with E-state index in [2.05, 4.69) is 0 Å². The zero-order valence-corrected chi connectivity index (χ0v) is 10.8. The Bertz CT molecular complexity index is 558. The summed E-state index contributed by atoms with van der Waals surface area (Å²) in [6.07, 6.45) is 0. The quantitative estimate of drug-likeness (QED) is 0.854. The molecule has 0 spiro atoms. The number of ether oxygens (including phenoxy) is 1. The number of benzene rings is 2. The summed E-state index contributed by atoms with van der Waals surface area (Å²) in [6.45, 7) is 0.309. The highest BCUT2D eigenvalue weighted by molar-refractivity contribution is 6.31. The molecule has 0 saturated heterocycles. The molecule has 0 fully saturated rings. The molecule has 0 aliphatic heterocycles. The fraction of sp³-hybridized carbons (Fsp3) is 0.0769. The Balaban J connectivity index is 2.10. The van der Waals surface area contributed by atoms with Gasteiger partial charge >= 0.3 is 0 Å². The van der Waals surface area contributed by atoms with Crippen molar-refractivity contribution < 1.29 is 9.13 Å². The third-order valence-corrected chi connectivity index (χ3v) is 2.90. The third-order valence-electron chi connectivity index (χ3n) is 2.36. The molecule has 0 unspecified atom stereocenters. The molecular weight excluding hydrogens is 276 g/mol. The largest absolute Gasteiger partial charge is 0.487 e. The number of anilines is 1. The number of hydrogen-bond acceptors (Lipinski definition) is 2. The molecule has 2 N–H and O–H groups in total. The van der Waals surface area contributed by atoms with Gasteiger partial charge in [0.15, 0.2) is 0 Å². The summed E-state index contributed by atoms with van der Waals surface area (Å²) < 4.78 is 18.6. The van der Waals surface area contributed by atoms with Gasteiger partial charge in [0, 0.05) is 17.2 Å². The molecule has 5 heteroatoms. The van der Waals surface area contributed by atoms with Crippen molar-refractivity contribution in [1.29, 1.82) is 0 Å². The average Bonchev–Trinajstić information content (AvgIpc) is 2.34. The minimum absolute atomic E-state index is 0.0182. The van der Waals surface area contributed by atoms with Crippen LogP contribution in [0.2, 0.25) is 10.0 Å². The van der Waals surface area contributed by atoms with Crippen LogP contribution in [0.15, 0.2) is 36.4 Å². The Morgan fingerprint density at radius 2 is 1.78 bits per heavy atom. The summed E-state index contributed by atoms with van der Waals surface area (Å²) >= 11 is 11.4. The number of nitrogens with two attached hydrogens (primary N) is 1. The summed E-state index contributed by atoms with van der Waals surface area (Å²) in [5.74, 6) is -0.204. The lowest BCUT2D eigenvalue weighted by molar-refractivity contribution is 0.307. The van der Waals surface area contributed by atoms with Gasteiger partial charge in [0.1, 0.15) is 18.2 Å². The van der Waals surface area contributed by atoms with Crippen LogP contribution >= 0.6 is 23.2 Å². The molecule has 2 nitrogen and oxygen atoms in total. The van der Waals surface area contributed by atoms with Gasteiger partial charge in [0.05, 0.1) is 10.7 Å². The van der Waals surface area contributed by atoms with E-state index in [0.717, 1.165) is 11.6 Å². The molecule has 0 bridgehead atoms. The summed E-state index contributed by atoms with van der Waals surface area (Å²) in [7, 11) is 0. The smallest absolute Gasteiger partial charge is 0.144 e. The maximum absolute atomic E-state index is 13.1. The van der Waals surface area contributed by atoms with E-state index in [-0.39, 0.29) is 10.7 Å². The number of hydrogen-bond donors (Lipinski definition) is 1. The van der Waals surface area contributed by atoms with Crippen molar-refractivity contribution in [2.24, 2.45) is 0 Å². The van der Waals surface area contributed by atoms with Crippen LogP contribution in [-0.4, -0.2) is 0 Å². The van der Waals surface area contributed by atoms with Crippen LogP contribution in [0.3, 0.4) is 0 Å². The van der Waals surface area contributed by atoms with E-state index in [0.29, 0.717) is 17.4 Å². The van der Waals surface area contributed by atoms with Gasteiger partial charge in [-0.3, -0.25) is 0 Å². The van der Waals surface area contributed by atoms with Gasteiger partial charge in [-0.2, -0.15) is 0 Å². The van der Waals surface area contributed by atoms with Gasteiger partial charge in [-0.15, -0.1) is 0 Å². The first kappa shape index (κ1) is 13.0. The van der Waals surface area contributed by atoms with Crippen molar-refractivity contribution in [3.8, 4) is 5.75 Å². The molecule has 0 saturated carbocycles. The van der Waals surface area contributed by atoms with Crippen LogP contribution in [0.4, 0.5) is 10.1 Å². The Kier molecular flexibility index (Phi) is 3.94. The van der Waals surface area contributed by atoms with E-state index < -0.39 is 5.82 Å². The Morgan fingerprint density at radius 1 is 1.11 bits per heavy atom. The first-order valence-corrected chi connectivity index (χ1v) is 5.93. The first-order valence-electron chi connectivity index (χ1n) is 5.18. The van der Waals surface area contributed by atoms with E-state index >= 15 is 0 Å². The molecule has 0 aliphatic rings. The van der Waals surface area contributed by atoms with Crippen LogP contribution in [0.5, 0.6) is 5.75 Å². The molecule has 94 valence electrons. The number of nitrogen functional groups attached to an aromatic ring is 1. The summed E-state index contributed by atoms with van der Waals surface area (Å²) in [4.78, 5) is 0. The minimum Gasteiger partial charge on any atom is -0.487 e. The second kappa shape index (κ2) is 5.46. The molecule has 0 radical (unpaired) electrons. The lowest BCUT2D eigenvalue weighted by atomic mass is 10.2. The molecule has 2 aromatic carbocycles. The Morgan fingerprint density at radius 3 is 2.44 bits per heavy atom. The van der Waals surface area contributed by atoms with E-state index in [1.54, 1.807) is 12.1 Å². The fourth-order valence-electron chi connectivity index (χ4n) is 1.41. The van der Waals surface area contributed by atoms with Gasteiger partial charge in [0.2, 0.25) is 0 Å². The zero-order chi connectivity index (χ0) is 13.1. The normalized spacial score (nSPS) is 10.4. The lowest BCUT2D eigenvalue weighted by Gasteiger charge is -2.09. The Hall–Kier alpha value is -1.45. The summed E-state index contributed by atoms with van der Waals surface area (Å²) in [5.41, 5.74) is 6.78. The number of rotatable bonds is 3. The summed E-state index contributed by atoms with van der Waals surface area (Å²) in [6, 6.07) is 9.71. The van der Waals surface area contributed by atoms with Gasteiger partial charge in [0.25, 0.3) is 0 Å². The second-order valence-corrected chi connectivity index (χ2v) is 4.56. The van der Waals surface area contributed by atoms with Crippen LogP contribution < -0.4 is 10.5 Å². The minimum atomic E-state index is -0.562. The average molecular weight is 286 g/mol. The molecule has 0 aliphatic carbocycles. The second-order valence-electron chi connectivity index (χ2n) is 3.72. The van der Waals surface area contributed by atoms with Crippen molar-refractivity contribution in [1.82, 2.24) is 0 Å². The first-order chi connectivity index (χ1) is 8.56. The molecule has 2 aromatic rings. The maximum Gasteiger partial charge on any atom is 0.144 e. The maximum atomic E-state index is 13.1. The standard InChI is InChI=1S/C13H10Cl2FNO/c14-9-3-1-8(2-4-9)7-18-13-5-10(15)11(16)6-12(13)17/h1-6H,7,17H2. The molecule has 0 aromatic heterocycles. The van der Waals surface area contributed by atoms with Crippen molar-refractivity contribution >= 4 is 28.9 Å². The molecule has 18 heavy (non-hydrogen) atoms. The summed E-state index contributed by atoms with van der Waals surface area (Å²) in [5, 5.41) is 0.637. The van der Waals surface area contributed by atoms with E-state index in [1.807, 2.05) is 12.1 Å². The van der Waals surface area contributed by atoms with Crippen molar-refractivity contribution in [3.63, 3.8) is 0 Å². The predicted octanol–water partition coefficient (Wildman–Crippen LogP) is 4.29. The van der Waals surface area contributed by atoms with Gasteiger partial charge in [-0.1, -0.05) is 35.3 Å². The highest BCUT2D eigenvalue weighted by Gasteiger charge is 2.07. The Labute approximate surface area is 114 Å². The lowest BCUT2D eigenvalue weighted by Crippen LogP contribution is -1.99. The third kappa shape index (κ3) is 3.06. The van der Waals surface area contributed by atoms with Gasteiger partial charge < -0.3 is 10.5 Å². The highest BCUT2D eigenvalue weighted by Crippen LogP contribution is 2.28. The van der Waals surface area contributed by atoms with Crippen LogP contribution in [0.1, 0.15) is 5.56 Å². The molecule has 0 heterocycles. The monoisotopic (exact) mass is 285 g/mol. The molecular formula is C13H10Cl2FNO. The van der Waals surface area contributed by atoms with Crippen LogP contribution in [0, 0.1) is 5.82 Å². The highest BCUT2D eigenvalue weighted by atomic mass is 35.5. The number of halogens is 3. The van der Waals surface area contributed by atoms with Gasteiger partial charge in [-0.05, 0) is 17.7 Å². The van der Waals surface area contributed by atoms with Crippen LogP contribution in [-0.2, 0) is 6.61 Å². The van der Waals surface area contributed by atoms with E-state index in [4.69, 9.17) is 33.7 Å². The fourth-order valence-corrected chi connectivity index (χ4v) is 1.69. The predicted molar refractivity (Wildman–Crippen MR) is 71.6 cm³/mol. The molecule has 0 amide bonds. The van der Waals surface area contributed by atoms with Crippen molar-refractivity contribution in [2.45, 2.75) is 6.61 Å². The van der Waals surface area contributed by atoms with Crippen molar-refractivity contribution in [3.05, 3.63) is 57.8 Å². The van der Waals surface area contributed by atoms with Gasteiger partial charge in [-0.25, -0.2) is 4.39 Å². The van der Waals surface area contributed by atoms with E-state index in [9.17, 15) is 4.39 Å². The van der Waals surface area contributed by atoms with Crippen molar-refractivity contribution in [2.75, 3.05) is 5.73 Å². The zero-order valence-electron chi connectivity index (χ0n) is 9.29. The molecule has 2 rings (SSSR count). The van der Waals surface area contributed by atoms with E-state index in [1.165, 1.54) is 6.07 Å². The SMILES string of the molecule is Nc1cc(F)c(Cl)cc1OCc1ccc(Cl)cc1. The molecule has 0 atom stereocenters.